The SMILES string of the molecule is COCCC1(C(=O)O)CCCN(C(=O)N2CCN(C)CC2)C1. The van der Waals surface area contributed by atoms with E-state index in [0.717, 1.165) is 19.5 Å². The lowest BCUT2D eigenvalue weighted by molar-refractivity contribution is -0.153. The number of likely N-dealkylation sites (N-methyl/N-ethyl adjacent to an activating group) is 1. The summed E-state index contributed by atoms with van der Waals surface area (Å²) in [6.45, 7) is 4.50. The number of piperazine rings is 1. The molecule has 126 valence electrons. The number of likely N-dealkylation sites (tertiary alicyclic amines) is 1. The van der Waals surface area contributed by atoms with Crippen LogP contribution in [0.25, 0.3) is 0 Å². The number of carboxylic acid groups (broad SMARTS) is 1. The first-order valence-corrected chi connectivity index (χ1v) is 7.93. The van der Waals surface area contributed by atoms with Crippen molar-refractivity contribution < 1.29 is 19.4 Å². The first-order valence-electron chi connectivity index (χ1n) is 7.93. The van der Waals surface area contributed by atoms with Gasteiger partial charge >= 0.3 is 12.0 Å². The number of carbonyl (C=O) groups excluding carboxylic acids is 1. The van der Waals surface area contributed by atoms with Crippen molar-refractivity contribution >= 4 is 12.0 Å². The van der Waals surface area contributed by atoms with E-state index in [1.165, 1.54) is 0 Å². The lowest BCUT2D eigenvalue weighted by atomic mass is 9.77. The Morgan fingerprint density at radius 2 is 1.82 bits per heavy atom. The fourth-order valence-electron chi connectivity index (χ4n) is 3.28. The maximum atomic E-state index is 12.7. The van der Waals surface area contributed by atoms with Gasteiger partial charge in [0.2, 0.25) is 0 Å². The molecule has 0 aromatic carbocycles. The van der Waals surface area contributed by atoms with Gasteiger partial charge in [0.05, 0.1) is 5.41 Å². The highest BCUT2D eigenvalue weighted by molar-refractivity contribution is 5.79. The number of aliphatic carboxylic acids is 1. The Labute approximate surface area is 131 Å². The van der Waals surface area contributed by atoms with Crippen LogP contribution in [0.15, 0.2) is 0 Å². The minimum atomic E-state index is -0.865. The molecule has 2 rings (SSSR count). The van der Waals surface area contributed by atoms with Crippen LogP contribution in [-0.2, 0) is 9.53 Å². The van der Waals surface area contributed by atoms with Gasteiger partial charge in [-0.25, -0.2) is 4.79 Å². The quantitative estimate of drug-likeness (QED) is 0.821. The van der Waals surface area contributed by atoms with E-state index >= 15 is 0 Å². The van der Waals surface area contributed by atoms with Crippen LogP contribution in [0.4, 0.5) is 4.79 Å². The Morgan fingerprint density at radius 1 is 1.14 bits per heavy atom. The van der Waals surface area contributed by atoms with Crippen molar-refractivity contribution in [2.24, 2.45) is 5.41 Å². The number of urea groups is 1. The Morgan fingerprint density at radius 3 is 2.41 bits per heavy atom. The first-order chi connectivity index (χ1) is 10.5. The molecule has 0 aromatic rings. The summed E-state index contributed by atoms with van der Waals surface area (Å²) in [5.41, 5.74) is -0.865. The molecule has 1 unspecified atom stereocenters. The molecule has 2 heterocycles. The van der Waals surface area contributed by atoms with Gasteiger partial charge < -0.3 is 24.5 Å². The average molecular weight is 313 g/mol. The second-order valence-corrected chi connectivity index (χ2v) is 6.43. The molecule has 2 aliphatic heterocycles. The summed E-state index contributed by atoms with van der Waals surface area (Å²) in [7, 11) is 3.62. The van der Waals surface area contributed by atoms with E-state index in [1.54, 1.807) is 12.0 Å². The van der Waals surface area contributed by atoms with Gasteiger partial charge in [0.25, 0.3) is 0 Å². The molecule has 0 spiro atoms. The van der Waals surface area contributed by atoms with Gasteiger partial charge in [0.1, 0.15) is 0 Å². The fourth-order valence-corrected chi connectivity index (χ4v) is 3.28. The van der Waals surface area contributed by atoms with Crippen LogP contribution in [0.5, 0.6) is 0 Å². The normalized spacial score (nSPS) is 27.0. The van der Waals surface area contributed by atoms with Crippen LogP contribution in [0.3, 0.4) is 0 Å². The van der Waals surface area contributed by atoms with Crippen LogP contribution in [-0.4, -0.2) is 91.8 Å². The second-order valence-electron chi connectivity index (χ2n) is 6.43. The predicted octanol–water partition coefficient (Wildman–Crippen LogP) is 0.557. The van der Waals surface area contributed by atoms with E-state index in [-0.39, 0.29) is 12.6 Å². The number of carboxylic acids is 1. The number of carbonyl (C=O) groups is 2. The number of hydrogen-bond acceptors (Lipinski definition) is 4. The molecule has 0 radical (unpaired) electrons. The van der Waals surface area contributed by atoms with E-state index in [2.05, 4.69) is 4.90 Å². The standard InChI is InChI=1S/C15H27N3O4/c1-16-7-9-17(10-8-16)14(21)18-6-3-4-15(12-18,13(19)20)5-11-22-2/h3-12H2,1-2H3,(H,19,20). The molecule has 2 amide bonds. The summed E-state index contributed by atoms with van der Waals surface area (Å²) >= 11 is 0. The number of rotatable bonds is 4. The Bertz CT molecular complexity index is 410. The van der Waals surface area contributed by atoms with Gasteiger partial charge in [-0.3, -0.25) is 4.79 Å². The molecular formula is C15H27N3O4. The van der Waals surface area contributed by atoms with Gasteiger partial charge in [-0.15, -0.1) is 0 Å². The van der Waals surface area contributed by atoms with E-state index < -0.39 is 11.4 Å². The van der Waals surface area contributed by atoms with Gasteiger partial charge in [-0.2, -0.15) is 0 Å². The van der Waals surface area contributed by atoms with Crippen molar-refractivity contribution in [2.75, 3.05) is 60.0 Å². The third-order valence-corrected chi connectivity index (χ3v) is 4.86. The Kier molecular flexibility index (Phi) is 5.63. The highest BCUT2D eigenvalue weighted by Gasteiger charge is 2.44. The number of methoxy groups -OCH3 is 1. The van der Waals surface area contributed by atoms with Crippen molar-refractivity contribution in [3.63, 3.8) is 0 Å². The van der Waals surface area contributed by atoms with Crippen LogP contribution in [0.2, 0.25) is 0 Å². The number of piperidine rings is 1. The largest absolute Gasteiger partial charge is 0.481 e. The van der Waals surface area contributed by atoms with Crippen molar-refractivity contribution in [1.29, 1.82) is 0 Å². The molecule has 0 bridgehead atoms. The Hall–Kier alpha value is -1.34. The third kappa shape index (κ3) is 3.70. The lowest BCUT2D eigenvalue weighted by Gasteiger charge is -2.43. The van der Waals surface area contributed by atoms with E-state index in [9.17, 15) is 14.7 Å². The van der Waals surface area contributed by atoms with Crippen molar-refractivity contribution in [3.8, 4) is 0 Å². The van der Waals surface area contributed by atoms with Gasteiger partial charge in [-0.1, -0.05) is 0 Å². The number of amides is 2. The molecule has 7 nitrogen and oxygen atoms in total. The Balaban J connectivity index is 2.02. The molecule has 0 aliphatic carbocycles. The molecule has 0 saturated carbocycles. The highest BCUT2D eigenvalue weighted by Crippen LogP contribution is 2.34. The minimum absolute atomic E-state index is 0.0177. The van der Waals surface area contributed by atoms with Crippen LogP contribution >= 0.6 is 0 Å². The molecule has 0 aromatic heterocycles. The maximum absolute atomic E-state index is 12.7. The molecule has 2 fully saturated rings. The average Bonchev–Trinajstić information content (AvgIpc) is 2.53. The summed E-state index contributed by atoms with van der Waals surface area (Å²) in [5, 5.41) is 9.65. The van der Waals surface area contributed by atoms with Crippen molar-refractivity contribution in [3.05, 3.63) is 0 Å². The lowest BCUT2D eigenvalue weighted by Crippen LogP contribution is -2.57. The minimum Gasteiger partial charge on any atom is -0.481 e. The summed E-state index contributed by atoms with van der Waals surface area (Å²) in [4.78, 5) is 30.2. The van der Waals surface area contributed by atoms with Crippen LogP contribution in [0.1, 0.15) is 19.3 Å². The molecule has 7 heteroatoms. The summed E-state index contributed by atoms with van der Waals surface area (Å²) in [6.07, 6.45) is 1.79. The number of ether oxygens (including phenoxy) is 1. The number of nitrogens with zero attached hydrogens (tertiary/aromatic N) is 3. The van der Waals surface area contributed by atoms with Gasteiger partial charge in [-0.05, 0) is 26.3 Å². The van der Waals surface area contributed by atoms with Crippen LogP contribution in [0, 0.1) is 5.41 Å². The topological polar surface area (TPSA) is 73.3 Å². The smallest absolute Gasteiger partial charge is 0.320 e. The zero-order valence-corrected chi connectivity index (χ0v) is 13.6. The third-order valence-electron chi connectivity index (χ3n) is 4.86. The summed E-state index contributed by atoms with van der Waals surface area (Å²) in [5.74, 6) is -0.819. The van der Waals surface area contributed by atoms with Crippen molar-refractivity contribution in [1.82, 2.24) is 14.7 Å². The van der Waals surface area contributed by atoms with Gasteiger partial charge in [0, 0.05) is 53.0 Å². The maximum Gasteiger partial charge on any atom is 0.320 e. The highest BCUT2D eigenvalue weighted by atomic mass is 16.5. The predicted molar refractivity (Wildman–Crippen MR) is 81.8 cm³/mol. The summed E-state index contributed by atoms with van der Waals surface area (Å²) < 4.78 is 5.06. The number of hydrogen-bond donors (Lipinski definition) is 1. The molecule has 1 atom stereocenters. The zero-order valence-electron chi connectivity index (χ0n) is 13.6. The zero-order chi connectivity index (χ0) is 16.2. The van der Waals surface area contributed by atoms with Crippen LogP contribution < -0.4 is 0 Å². The van der Waals surface area contributed by atoms with Crippen molar-refractivity contribution in [2.45, 2.75) is 19.3 Å². The molecular weight excluding hydrogens is 286 g/mol. The molecule has 1 N–H and O–H groups in total. The van der Waals surface area contributed by atoms with Gasteiger partial charge in [0.15, 0.2) is 0 Å². The van der Waals surface area contributed by atoms with E-state index in [4.69, 9.17) is 4.74 Å². The second kappa shape index (κ2) is 7.28. The monoisotopic (exact) mass is 313 g/mol. The van der Waals surface area contributed by atoms with E-state index in [1.807, 2.05) is 11.9 Å². The van der Waals surface area contributed by atoms with E-state index in [0.29, 0.717) is 39.1 Å². The molecule has 22 heavy (non-hydrogen) atoms. The first kappa shape index (κ1) is 17.0. The summed E-state index contributed by atoms with van der Waals surface area (Å²) in [6, 6.07) is -0.0177. The fraction of sp³-hybridized carbons (Fsp3) is 0.867. The molecule has 2 saturated heterocycles. The molecule has 2 aliphatic rings.